The van der Waals surface area contributed by atoms with Crippen molar-refractivity contribution in [2.45, 2.75) is 39.4 Å². The number of hydrogen-bond donors (Lipinski definition) is 1. The van der Waals surface area contributed by atoms with Crippen LogP contribution in [-0.4, -0.2) is 34.1 Å². The van der Waals surface area contributed by atoms with E-state index in [0.29, 0.717) is 6.54 Å². The third kappa shape index (κ3) is 3.00. The van der Waals surface area contributed by atoms with Gasteiger partial charge < -0.3 is 9.73 Å². The predicted molar refractivity (Wildman–Crippen MR) is 104 cm³/mol. The van der Waals surface area contributed by atoms with Gasteiger partial charge in [0.15, 0.2) is 0 Å². The number of fused-ring (bicyclic) bond motifs is 3. The highest BCUT2D eigenvalue weighted by Crippen LogP contribution is 2.30. The molecule has 0 aliphatic carbocycles. The van der Waals surface area contributed by atoms with E-state index in [1.54, 1.807) is 28.5 Å². The lowest BCUT2D eigenvalue weighted by atomic mass is 10.1. The predicted octanol–water partition coefficient (Wildman–Crippen LogP) is 2.78. The molecule has 138 valence electrons. The summed E-state index contributed by atoms with van der Waals surface area (Å²) in [4.78, 5) is 22.2. The van der Waals surface area contributed by atoms with Gasteiger partial charge in [0, 0.05) is 18.0 Å². The van der Waals surface area contributed by atoms with Crippen LogP contribution in [0.1, 0.15) is 36.1 Å². The lowest BCUT2D eigenvalue weighted by Crippen LogP contribution is -2.34. The minimum atomic E-state index is 0.0214. The summed E-state index contributed by atoms with van der Waals surface area (Å²) in [6.07, 6.45) is 4.28. The Balaban J connectivity index is 1.76. The molecule has 4 rings (SSSR count). The highest BCUT2D eigenvalue weighted by Gasteiger charge is 2.24. The summed E-state index contributed by atoms with van der Waals surface area (Å²) in [5.41, 5.74) is 1.26. The minimum absolute atomic E-state index is 0.0214. The molecule has 0 bridgehead atoms. The van der Waals surface area contributed by atoms with E-state index >= 15 is 0 Å². The van der Waals surface area contributed by atoms with Gasteiger partial charge in [0.1, 0.15) is 10.6 Å². The van der Waals surface area contributed by atoms with Gasteiger partial charge in [-0.05, 0) is 43.8 Å². The average molecular weight is 372 g/mol. The van der Waals surface area contributed by atoms with Crippen LogP contribution in [0.25, 0.3) is 10.2 Å². The molecule has 3 aromatic rings. The van der Waals surface area contributed by atoms with Crippen LogP contribution in [0.3, 0.4) is 0 Å². The van der Waals surface area contributed by atoms with Crippen LogP contribution in [0.5, 0.6) is 0 Å². The quantitative estimate of drug-likeness (QED) is 0.721. The Morgan fingerprint density at radius 1 is 1.42 bits per heavy atom. The molecule has 26 heavy (non-hydrogen) atoms. The third-order valence-electron chi connectivity index (χ3n) is 5.19. The number of nitrogens with zero attached hydrogens (tertiary/aromatic N) is 3. The van der Waals surface area contributed by atoms with Crippen LogP contribution < -0.4 is 10.9 Å². The van der Waals surface area contributed by atoms with Gasteiger partial charge in [-0.15, -0.1) is 11.3 Å². The summed E-state index contributed by atoms with van der Waals surface area (Å²) in [7, 11) is 0. The SMILES string of the molecule is CCN(CC)[C@H](Cn1cnc2sc3c(c2c1=O)CCNC3)c1ccco1. The number of likely N-dealkylation sites (N-methyl/N-ethyl adjacent to an activating group) is 1. The Labute approximate surface area is 156 Å². The van der Waals surface area contributed by atoms with Gasteiger partial charge in [-0.25, -0.2) is 4.98 Å². The zero-order valence-electron chi connectivity index (χ0n) is 15.2. The second kappa shape index (κ2) is 7.34. The van der Waals surface area contributed by atoms with Crippen molar-refractivity contribution < 1.29 is 4.42 Å². The fourth-order valence-corrected chi connectivity index (χ4v) is 4.94. The molecule has 1 aliphatic heterocycles. The Hall–Kier alpha value is -1.96. The maximum absolute atomic E-state index is 13.2. The molecule has 1 aliphatic rings. The van der Waals surface area contributed by atoms with Crippen molar-refractivity contribution in [2.75, 3.05) is 19.6 Å². The van der Waals surface area contributed by atoms with Crippen LogP contribution in [0.15, 0.2) is 33.9 Å². The zero-order valence-corrected chi connectivity index (χ0v) is 16.0. The first-order valence-electron chi connectivity index (χ1n) is 9.20. The van der Waals surface area contributed by atoms with Crippen molar-refractivity contribution in [2.24, 2.45) is 0 Å². The summed E-state index contributed by atoms with van der Waals surface area (Å²) in [5, 5.41) is 4.18. The normalized spacial score (nSPS) is 15.5. The molecular formula is C19H24N4O2S. The Bertz CT molecular complexity index is 941. The third-order valence-corrected chi connectivity index (χ3v) is 6.33. The van der Waals surface area contributed by atoms with Gasteiger partial charge in [0.25, 0.3) is 5.56 Å². The van der Waals surface area contributed by atoms with Crippen molar-refractivity contribution >= 4 is 21.6 Å². The van der Waals surface area contributed by atoms with Crippen molar-refractivity contribution in [3.05, 3.63) is 51.3 Å². The monoisotopic (exact) mass is 372 g/mol. The molecule has 0 amide bonds. The maximum Gasteiger partial charge on any atom is 0.262 e. The summed E-state index contributed by atoms with van der Waals surface area (Å²) in [6, 6.07) is 3.91. The summed E-state index contributed by atoms with van der Waals surface area (Å²) in [6.45, 7) is 8.35. The lowest BCUT2D eigenvalue weighted by Gasteiger charge is -2.28. The molecule has 3 aromatic heterocycles. The van der Waals surface area contributed by atoms with E-state index in [4.69, 9.17) is 4.42 Å². The number of furan rings is 1. The van der Waals surface area contributed by atoms with Crippen molar-refractivity contribution in [3.63, 3.8) is 0 Å². The summed E-state index contributed by atoms with van der Waals surface area (Å²) < 4.78 is 7.42. The van der Waals surface area contributed by atoms with Gasteiger partial charge >= 0.3 is 0 Å². The molecule has 0 saturated carbocycles. The van der Waals surface area contributed by atoms with Crippen LogP contribution in [-0.2, 0) is 19.5 Å². The Morgan fingerprint density at radius 3 is 3.00 bits per heavy atom. The Kier molecular flexibility index (Phi) is 4.93. The molecule has 0 fully saturated rings. The molecule has 0 radical (unpaired) electrons. The molecule has 0 unspecified atom stereocenters. The smallest absolute Gasteiger partial charge is 0.262 e. The summed E-state index contributed by atoms with van der Waals surface area (Å²) in [5.74, 6) is 0.886. The van der Waals surface area contributed by atoms with E-state index in [9.17, 15) is 4.79 Å². The highest BCUT2D eigenvalue weighted by molar-refractivity contribution is 7.18. The van der Waals surface area contributed by atoms with E-state index in [2.05, 4.69) is 29.0 Å². The first-order valence-corrected chi connectivity index (χ1v) is 10.0. The molecule has 7 heteroatoms. The minimum Gasteiger partial charge on any atom is -0.468 e. The molecule has 1 N–H and O–H groups in total. The molecule has 6 nitrogen and oxygen atoms in total. The van der Waals surface area contributed by atoms with Gasteiger partial charge in [0.05, 0.1) is 24.0 Å². The van der Waals surface area contributed by atoms with Crippen molar-refractivity contribution in [3.8, 4) is 0 Å². The number of hydrogen-bond acceptors (Lipinski definition) is 6. The number of thiophene rings is 1. The van der Waals surface area contributed by atoms with E-state index < -0.39 is 0 Å². The van der Waals surface area contributed by atoms with Crippen molar-refractivity contribution in [1.82, 2.24) is 19.8 Å². The second-order valence-corrected chi connectivity index (χ2v) is 7.65. The van der Waals surface area contributed by atoms with E-state index in [-0.39, 0.29) is 11.6 Å². The number of nitrogens with one attached hydrogen (secondary N) is 1. The first-order chi connectivity index (χ1) is 12.7. The van der Waals surface area contributed by atoms with Crippen LogP contribution in [0.4, 0.5) is 0 Å². The van der Waals surface area contributed by atoms with Gasteiger partial charge in [-0.2, -0.15) is 0 Å². The molecule has 0 spiro atoms. The van der Waals surface area contributed by atoms with Gasteiger partial charge in [-0.1, -0.05) is 13.8 Å². The lowest BCUT2D eigenvalue weighted by molar-refractivity contribution is 0.172. The standard InChI is InChI=1S/C19H24N4O2S/c1-3-22(4-2)14(15-6-5-9-25-15)11-23-12-21-18-17(19(23)24)13-7-8-20-10-16(13)26-18/h5-6,9,12,14,20H,3-4,7-8,10-11H2,1-2H3/t14-/m1/s1. The van der Waals surface area contributed by atoms with E-state index in [0.717, 1.165) is 48.6 Å². The fourth-order valence-electron chi connectivity index (χ4n) is 3.80. The molecule has 0 saturated heterocycles. The fraction of sp³-hybridized carbons (Fsp3) is 0.474. The van der Waals surface area contributed by atoms with Crippen LogP contribution in [0.2, 0.25) is 0 Å². The molecule has 4 heterocycles. The molecular weight excluding hydrogens is 348 g/mol. The van der Waals surface area contributed by atoms with Gasteiger partial charge in [0.2, 0.25) is 0 Å². The Morgan fingerprint density at radius 2 is 2.27 bits per heavy atom. The van der Waals surface area contributed by atoms with E-state index in [1.807, 2.05) is 12.1 Å². The van der Waals surface area contributed by atoms with Gasteiger partial charge in [-0.3, -0.25) is 14.3 Å². The highest BCUT2D eigenvalue weighted by atomic mass is 32.1. The maximum atomic E-state index is 13.2. The number of aromatic nitrogens is 2. The molecule has 1 atom stereocenters. The van der Waals surface area contributed by atoms with Crippen LogP contribution in [0, 0.1) is 0 Å². The average Bonchev–Trinajstić information content (AvgIpc) is 3.31. The number of rotatable bonds is 6. The first kappa shape index (κ1) is 17.5. The molecule has 0 aromatic carbocycles. The topological polar surface area (TPSA) is 63.3 Å². The summed E-state index contributed by atoms with van der Waals surface area (Å²) >= 11 is 1.64. The second-order valence-electron chi connectivity index (χ2n) is 6.57. The van der Waals surface area contributed by atoms with E-state index in [1.165, 1.54) is 10.4 Å². The van der Waals surface area contributed by atoms with Crippen LogP contribution >= 0.6 is 11.3 Å². The zero-order chi connectivity index (χ0) is 18.1. The van der Waals surface area contributed by atoms with Crippen molar-refractivity contribution in [1.29, 1.82) is 0 Å². The largest absolute Gasteiger partial charge is 0.468 e.